The van der Waals surface area contributed by atoms with E-state index in [-0.39, 0.29) is 0 Å². The number of nitrogens with one attached hydrogen (secondary N) is 1. The van der Waals surface area contributed by atoms with Crippen LogP contribution in [0.15, 0.2) is 86.0 Å². The van der Waals surface area contributed by atoms with E-state index in [9.17, 15) is 0 Å². The van der Waals surface area contributed by atoms with Crippen LogP contribution in [0.5, 0.6) is 0 Å². The summed E-state index contributed by atoms with van der Waals surface area (Å²) in [6.45, 7) is 1.74. The third-order valence-corrected chi connectivity index (χ3v) is 4.13. The Morgan fingerprint density at radius 3 is 2.21 bits per heavy atom. The molecule has 4 nitrogen and oxygen atoms in total. The van der Waals surface area contributed by atoms with Gasteiger partial charge in [-0.1, -0.05) is 48.5 Å². The zero-order chi connectivity index (χ0) is 16.2. The van der Waals surface area contributed by atoms with Crippen LogP contribution in [0.3, 0.4) is 0 Å². The van der Waals surface area contributed by atoms with Gasteiger partial charge in [0.15, 0.2) is 0 Å². The van der Waals surface area contributed by atoms with Crippen molar-refractivity contribution in [3.8, 4) is 11.1 Å². The molecule has 0 spiro atoms. The summed E-state index contributed by atoms with van der Waals surface area (Å²) in [5, 5.41) is 0. The number of aromatic amines is 1. The van der Waals surface area contributed by atoms with E-state index in [4.69, 9.17) is 0 Å². The fraction of sp³-hybridized carbons (Fsp3) is 0.100. The molecule has 0 saturated carbocycles. The van der Waals surface area contributed by atoms with E-state index in [0.717, 1.165) is 13.1 Å². The number of benzene rings is 2. The van der Waals surface area contributed by atoms with Gasteiger partial charge in [-0.3, -0.25) is 4.98 Å². The van der Waals surface area contributed by atoms with Crippen molar-refractivity contribution in [2.45, 2.75) is 13.1 Å². The van der Waals surface area contributed by atoms with Gasteiger partial charge in [-0.2, -0.15) is 0 Å². The van der Waals surface area contributed by atoms with Crippen molar-refractivity contribution in [2.75, 3.05) is 0 Å². The van der Waals surface area contributed by atoms with E-state index in [0.29, 0.717) is 0 Å². The van der Waals surface area contributed by atoms with Crippen LogP contribution in [0.2, 0.25) is 0 Å². The molecule has 4 rings (SSSR count). The van der Waals surface area contributed by atoms with E-state index in [2.05, 4.69) is 67.6 Å². The van der Waals surface area contributed by atoms with Gasteiger partial charge >= 0.3 is 0 Å². The van der Waals surface area contributed by atoms with Gasteiger partial charge in [-0.25, -0.2) is 9.55 Å². The summed E-state index contributed by atoms with van der Waals surface area (Å²) in [7, 11) is 0. The fourth-order valence-corrected chi connectivity index (χ4v) is 2.83. The highest BCUT2D eigenvalue weighted by molar-refractivity contribution is 5.63. The Hall–Kier alpha value is -3.14. The minimum atomic E-state index is 0.854. The molecule has 0 aliphatic carbocycles. The third kappa shape index (κ3) is 3.27. The van der Waals surface area contributed by atoms with Gasteiger partial charge in [0.1, 0.15) is 18.9 Å². The molecular formula is C20H19N4+. The monoisotopic (exact) mass is 315 g/mol. The molecule has 0 atom stereocenters. The second-order valence-corrected chi connectivity index (χ2v) is 5.91. The summed E-state index contributed by atoms with van der Waals surface area (Å²) in [4.78, 5) is 7.14. The van der Waals surface area contributed by atoms with Gasteiger partial charge in [0.05, 0.1) is 6.33 Å². The van der Waals surface area contributed by atoms with Crippen molar-refractivity contribution in [3.05, 3.63) is 97.1 Å². The van der Waals surface area contributed by atoms with Crippen LogP contribution >= 0.6 is 0 Å². The molecule has 2 aromatic heterocycles. The van der Waals surface area contributed by atoms with Crippen molar-refractivity contribution in [2.24, 2.45) is 0 Å². The minimum absolute atomic E-state index is 0.854. The summed E-state index contributed by atoms with van der Waals surface area (Å²) in [6.07, 6.45) is 11.6. The number of imidazole rings is 2. The lowest BCUT2D eigenvalue weighted by molar-refractivity contribution is -0.687. The highest BCUT2D eigenvalue weighted by Crippen LogP contribution is 2.20. The molecule has 0 saturated heterocycles. The van der Waals surface area contributed by atoms with Gasteiger partial charge in [-0.15, -0.1) is 0 Å². The normalized spacial score (nSPS) is 10.8. The molecule has 24 heavy (non-hydrogen) atoms. The molecule has 0 bridgehead atoms. The van der Waals surface area contributed by atoms with Gasteiger partial charge in [0, 0.05) is 18.9 Å². The number of hydrogen-bond acceptors (Lipinski definition) is 1. The number of rotatable bonds is 5. The Bertz CT molecular complexity index is 796. The smallest absolute Gasteiger partial charge is 0.241 e. The van der Waals surface area contributed by atoms with E-state index in [1.807, 2.05) is 37.4 Å². The lowest BCUT2D eigenvalue weighted by Gasteiger charge is -2.06. The van der Waals surface area contributed by atoms with E-state index >= 15 is 0 Å². The first-order valence-electron chi connectivity index (χ1n) is 8.03. The van der Waals surface area contributed by atoms with Crippen molar-refractivity contribution >= 4 is 0 Å². The van der Waals surface area contributed by atoms with Gasteiger partial charge in [-0.05, 0) is 22.3 Å². The van der Waals surface area contributed by atoms with Crippen LogP contribution in [-0.2, 0) is 13.1 Å². The predicted molar refractivity (Wildman–Crippen MR) is 93.3 cm³/mol. The van der Waals surface area contributed by atoms with E-state index < -0.39 is 0 Å². The zero-order valence-corrected chi connectivity index (χ0v) is 13.3. The first kappa shape index (κ1) is 14.5. The van der Waals surface area contributed by atoms with Gasteiger partial charge in [0.25, 0.3) is 0 Å². The Kier molecular flexibility index (Phi) is 3.94. The molecule has 0 unspecified atom stereocenters. The maximum absolute atomic E-state index is 4.08. The summed E-state index contributed by atoms with van der Waals surface area (Å²) in [5.41, 5.74) is 5.05. The van der Waals surface area contributed by atoms with Gasteiger partial charge in [0.2, 0.25) is 6.33 Å². The SMILES string of the molecule is c1cn(Cc2ccc(-c3ccc(C[n+]4cc[nH]c4)cc3)cc2)cn1. The van der Waals surface area contributed by atoms with E-state index in [1.165, 1.54) is 22.3 Å². The maximum atomic E-state index is 4.08. The van der Waals surface area contributed by atoms with Crippen LogP contribution in [0.1, 0.15) is 11.1 Å². The maximum Gasteiger partial charge on any atom is 0.241 e. The highest BCUT2D eigenvalue weighted by atomic mass is 15.0. The Morgan fingerprint density at radius 1 is 0.917 bits per heavy atom. The second-order valence-electron chi connectivity index (χ2n) is 5.91. The molecule has 0 fully saturated rings. The van der Waals surface area contributed by atoms with Crippen molar-refractivity contribution in [1.82, 2.24) is 14.5 Å². The molecule has 0 aliphatic rings. The van der Waals surface area contributed by atoms with Crippen LogP contribution in [0, 0.1) is 0 Å². The number of aromatic nitrogens is 4. The molecule has 2 aromatic carbocycles. The molecule has 0 amide bonds. The molecule has 118 valence electrons. The first-order chi connectivity index (χ1) is 11.9. The standard InChI is InChI=1S/C20H18N4/c1-5-19(6-2-17(1)13-23-11-9-21-15-23)20-7-3-18(4-8-20)14-24-12-10-22-16-24/h1-12,15-16H,13-14H2/p+1. The van der Waals surface area contributed by atoms with Crippen LogP contribution in [0.25, 0.3) is 11.1 Å². The predicted octanol–water partition coefficient (Wildman–Crippen LogP) is 3.26. The van der Waals surface area contributed by atoms with Crippen LogP contribution < -0.4 is 4.57 Å². The quantitative estimate of drug-likeness (QED) is 0.564. The fourth-order valence-electron chi connectivity index (χ4n) is 2.83. The van der Waals surface area contributed by atoms with Crippen molar-refractivity contribution in [1.29, 1.82) is 0 Å². The Morgan fingerprint density at radius 2 is 1.62 bits per heavy atom. The van der Waals surface area contributed by atoms with Crippen molar-refractivity contribution < 1.29 is 4.57 Å². The summed E-state index contributed by atoms with van der Waals surface area (Å²) < 4.78 is 4.20. The average molecular weight is 315 g/mol. The molecule has 2 heterocycles. The lowest BCUT2D eigenvalue weighted by atomic mass is 10.0. The minimum Gasteiger partial charge on any atom is -0.333 e. The number of nitrogens with zero attached hydrogens (tertiary/aromatic N) is 3. The highest BCUT2D eigenvalue weighted by Gasteiger charge is 2.02. The first-order valence-corrected chi connectivity index (χ1v) is 8.03. The lowest BCUT2D eigenvalue weighted by Crippen LogP contribution is -2.30. The topological polar surface area (TPSA) is 37.5 Å². The van der Waals surface area contributed by atoms with E-state index in [1.54, 1.807) is 0 Å². The van der Waals surface area contributed by atoms with Crippen LogP contribution in [0.4, 0.5) is 0 Å². The summed E-state index contributed by atoms with van der Waals surface area (Å²) in [5.74, 6) is 0. The average Bonchev–Trinajstić information content (AvgIpc) is 3.31. The van der Waals surface area contributed by atoms with Crippen LogP contribution in [-0.4, -0.2) is 14.5 Å². The second kappa shape index (κ2) is 6.54. The molecule has 0 radical (unpaired) electrons. The third-order valence-electron chi connectivity index (χ3n) is 4.13. The summed E-state index contributed by atoms with van der Waals surface area (Å²) >= 11 is 0. The number of H-pyrrole nitrogens is 1. The van der Waals surface area contributed by atoms with Gasteiger partial charge < -0.3 is 4.57 Å². The molecule has 4 aromatic rings. The van der Waals surface area contributed by atoms with Crippen molar-refractivity contribution in [3.63, 3.8) is 0 Å². The number of hydrogen-bond donors (Lipinski definition) is 1. The summed E-state index contributed by atoms with van der Waals surface area (Å²) in [6, 6.07) is 17.5. The molecule has 4 heteroatoms. The Balaban J connectivity index is 1.47. The molecule has 1 N–H and O–H groups in total. The Labute approximate surface area is 141 Å². The molecular weight excluding hydrogens is 296 g/mol. The zero-order valence-electron chi connectivity index (χ0n) is 13.3. The molecule has 0 aliphatic heterocycles. The largest absolute Gasteiger partial charge is 0.333 e.